The fourth-order valence-corrected chi connectivity index (χ4v) is 0.852. The predicted molar refractivity (Wildman–Crippen MR) is 59.0 cm³/mol. The molecule has 2 nitrogen and oxygen atoms in total. The maximum absolute atomic E-state index is 11.4. The molecule has 0 unspecified atom stereocenters. The van der Waals surface area contributed by atoms with Crippen LogP contribution >= 0.6 is 0 Å². The minimum absolute atomic E-state index is 0.181. The summed E-state index contributed by atoms with van der Waals surface area (Å²) in [4.78, 5) is 11.4. The number of hydrogen-bond donors (Lipinski definition) is 0. The van der Waals surface area contributed by atoms with E-state index in [1.165, 1.54) is 0 Å². The minimum atomic E-state index is -0.181. The molecule has 0 saturated heterocycles. The molecule has 14 heavy (non-hydrogen) atoms. The van der Waals surface area contributed by atoms with Crippen LogP contribution in [0.2, 0.25) is 0 Å². The van der Waals surface area contributed by atoms with Crippen molar-refractivity contribution < 1.29 is 9.53 Å². The SMILES string of the molecule is CC(=CCC(C)C)C(=O)OCC(C)C. The Labute approximate surface area is 87.3 Å². The molecule has 0 atom stereocenters. The summed E-state index contributed by atoms with van der Waals surface area (Å²) in [6.07, 6.45) is 2.88. The molecule has 0 rings (SSSR count). The van der Waals surface area contributed by atoms with Crippen LogP contribution < -0.4 is 0 Å². The second-order valence-corrected chi connectivity index (χ2v) is 4.51. The van der Waals surface area contributed by atoms with Gasteiger partial charge in [-0.25, -0.2) is 4.79 Å². The van der Waals surface area contributed by atoms with E-state index in [2.05, 4.69) is 13.8 Å². The van der Waals surface area contributed by atoms with E-state index in [1.54, 1.807) is 0 Å². The van der Waals surface area contributed by atoms with Crippen molar-refractivity contribution in [2.75, 3.05) is 6.61 Å². The van der Waals surface area contributed by atoms with Crippen molar-refractivity contribution in [2.24, 2.45) is 11.8 Å². The van der Waals surface area contributed by atoms with Gasteiger partial charge in [0.2, 0.25) is 0 Å². The summed E-state index contributed by atoms with van der Waals surface area (Å²) in [7, 11) is 0. The molecule has 82 valence electrons. The van der Waals surface area contributed by atoms with E-state index in [9.17, 15) is 4.79 Å². The molecular formula is C12H22O2. The molecule has 2 heteroatoms. The Bertz CT molecular complexity index is 202. The molecule has 0 saturated carbocycles. The van der Waals surface area contributed by atoms with Gasteiger partial charge in [0.15, 0.2) is 0 Å². The third-order valence-corrected chi connectivity index (χ3v) is 1.77. The highest BCUT2D eigenvalue weighted by atomic mass is 16.5. The Morgan fingerprint density at radius 3 is 2.21 bits per heavy atom. The van der Waals surface area contributed by atoms with Crippen LogP contribution in [0.1, 0.15) is 41.0 Å². The Kier molecular flexibility index (Phi) is 6.26. The normalized spacial score (nSPS) is 12.4. The monoisotopic (exact) mass is 198 g/mol. The number of carbonyl (C=O) groups is 1. The van der Waals surface area contributed by atoms with Gasteiger partial charge in [0.25, 0.3) is 0 Å². The van der Waals surface area contributed by atoms with Gasteiger partial charge in [0, 0.05) is 5.57 Å². The van der Waals surface area contributed by atoms with Gasteiger partial charge in [0.05, 0.1) is 6.61 Å². The molecule has 0 aliphatic rings. The Morgan fingerprint density at radius 1 is 1.21 bits per heavy atom. The van der Waals surface area contributed by atoms with Crippen LogP contribution in [0, 0.1) is 11.8 Å². The van der Waals surface area contributed by atoms with E-state index in [1.807, 2.05) is 26.8 Å². The number of hydrogen-bond acceptors (Lipinski definition) is 2. The van der Waals surface area contributed by atoms with Crippen molar-refractivity contribution >= 4 is 5.97 Å². The minimum Gasteiger partial charge on any atom is -0.462 e. The first-order chi connectivity index (χ1) is 6.43. The third kappa shape index (κ3) is 6.70. The van der Waals surface area contributed by atoms with E-state index in [4.69, 9.17) is 4.74 Å². The van der Waals surface area contributed by atoms with Gasteiger partial charge in [-0.3, -0.25) is 0 Å². The maximum atomic E-state index is 11.4. The first kappa shape index (κ1) is 13.2. The van der Waals surface area contributed by atoms with Crippen molar-refractivity contribution in [1.29, 1.82) is 0 Å². The maximum Gasteiger partial charge on any atom is 0.333 e. The lowest BCUT2D eigenvalue weighted by molar-refractivity contribution is -0.140. The van der Waals surface area contributed by atoms with Gasteiger partial charge in [0.1, 0.15) is 0 Å². The molecule has 0 aliphatic carbocycles. The Hall–Kier alpha value is -0.790. The predicted octanol–water partition coefficient (Wildman–Crippen LogP) is 3.18. The first-order valence-corrected chi connectivity index (χ1v) is 5.27. The highest BCUT2D eigenvalue weighted by Gasteiger charge is 2.06. The van der Waals surface area contributed by atoms with Gasteiger partial charge in [-0.2, -0.15) is 0 Å². The number of carbonyl (C=O) groups excluding carboxylic acids is 1. The Balaban J connectivity index is 3.92. The second-order valence-electron chi connectivity index (χ2n) is 4.51. The van der Waals surface area contributed by atoms with Crippen molar-refractivity contribution in [3.05, 3.63) is 11.6 Å². The summed E-state index contributed by atoms with van der Waals surface area (Å²) in [5.41, 5.74) is 0.722. The lowest BCUT2D eigenvalue weighted by Gasteiger charge is -2.07. The van der Waals surface area contributed by atoms with Gasteiger partial charge < -0.3 is 4.74 Å². The van der Waals surface area contributed by atoms with Crippen molar-refractivity contribution in [1.82, 2.24) is 0 Å². The number of ether oxygens (including phenoxy) is 1. The van der Waals surface area contributed by atoms with Crippen molar-refractivity contribution in [3.63, 3.8) is 0 Å². The molecule has 0 amide bonds. The quantitative estimate of drug-likeness (QED) is 0.501. The molecular weight excluding hydrogens is 176 g/mol. The summed E-state index contributed by atoms with van der Waals surface area (Å²) in [5.74, 6) is 0.805. The highest BCUT2D eigenvalue weighted by Crippen LogP contribution is 2.06. The van der Waals surface area contributed by atoms with E-state index >= 15 is 0 Å². The molecule has 0 fully saturated rings. The molecule has 0 aliphatic heterocycles. The van der Waals surface area contributed by atoms with E-state index in [0.29, 0.717) is 18.4 Å². The van der Waals surface area contributed by atoms with E-state index in [0.717, 1.165) is 12.0 Å². The van der Waals surface area contributed by atoms with Gasteiger partial charge in [-0.05, 0) is 25.2 Å². The fraction of sp³-hybridized carbons (Fsp3) is 0.750. The summed E-state index contributed by atoms with van der Waals surface area (Å²) >= 11 is 0. The molecule has 0 bridgehead atoms. The molecule has 0 spiro atoms. The Morgan fingerprint density at radius 2 is 1.79 bits per heavy atom. The molecule has 0 aromatic rings. The lowest BCUT2D eigenvalue weighted by Crippen LogP contribution is -2.10. The molecule has 0 radical (unpaired) electrons. The summed E-state index contributed by atoms with van der Waals surface area (Å²) in [6, 6.07) is 0. The zero-order valence-corrected chi connectivity index (χ0v) is 9.96. The number of allylic oxidation sites excluding steroid dienone is 1. The average molecular weight is 198 g/mol. The molecule has 0 N–H and O–H groups in total. The highest BCUT2D eigenvalue weighted by molar-refractivity contribution is 5.87. The summed E-state index contributed by atoms with van der Waals surface area (Å²) in [5, 5.41) is 0. The van der Waals surface area contributed by atoms with Crippen LogP contribution in [0.15, 0.2) is 11.6 Å². The zero-order valence-electron chi connectivity index (χ0n) is 9.96. The topological polar surface area (TPSA) is 26.3 Å². The lowest BCUT2D eigenvalue weighted by atomic mass is 10.1. The summed E-state index contributed by atoms with van der Waals surface area (Å²) in [6.45, 7) is 10.6. The second kappa shape index (κ2) is 6.63. The smallest absolute Gasteiger partial charge is 0.333 e. The molecule has 0 heterocycles. The van der Waals surface area contributed by atoms with E-state index < -0.39 is 0 Å². The van der Waals surface area contributed by atoms with Gasteiger partial charge in [-0.1, -0.05) is 33.8 Å². The van der Waals surface area contributed by atoms with Crippen molar-refractivity contribution in [3.8, 4) is 0 Å². The number of rotatable bonds is 5. The van der Waals surface area contributed by atoms with Crippen LogP contribution in [-0.2, 0) is 9.53 Å². The van der Waals surface area contributed by atoms with Crippen LogP contribution in [0.3, 0.4) is 0 Å². The largest absolute Gasteiger partial charge is 0.462 e. The van der Waals surface area contributed by atoms with Crippen LogP contribution in [0.4, 0.5) is 0 Å². The van der Waals surface area contributed by atoms with Crippen LogP contribution in [0.25, 0.3) is 0 Å². The molecule has 0 aromatic heterocycles. The third-order valence-electron chi connectivity index (χ3n) is 1.77. The van der Waals surface area contributed by atoms with E-state index in [-0.39, 0.29) is 5.97 Å². The first-order valence-electron chi connectivity index (χ1n) is 5.27. The summed E-state index contributed by atoms with van der Waals surface area (Å²) < 4.78 is 5.09. The standard InChI is InChI=1S/C12H22O2/c1-9(2)6-7-11(5)12(13)14-8-10(3)4/h7,9-10H,6,8H2,1-5H3. The number of esters is 1. The zero-order chi connectivity index (χ0) is 11.1. The fourth-order valence-electron chi connectivity index (χ4n) is 0.852. The van der Waals surface area contributed by atoms with Crippen LogP contribution in [0.5, 0.6) is 0 Å². The van der Waals surface area contributed by atoms with Gasteiger partial charge >= 0.3 is 5.97 Å². The van der Waals surface area contributed by atoms with Gasteiger partial charge in [-0.15, -0.1) is 0 Å². The van der Waals surface area contributed by atoms with Crippen LogP contribution in [-0.4, -0.2) is 12.6 Å². The molecule has 0 aromatic carbocycles. The van der Waals surface area contributed by atoms with Crippen molar-refractivity contribution in [2.45, 2.75) is 41.0 Å². The average Bonchev–Trinajstić information content (AvgIpc) is 2.09.